The van der Waals surface area contributed by atoms with Crippen molar-refractivity contribution in [3.8, 4) is 5.75 Å². The molecule has 0 amide bonds. The third kappa shape index (κ3) is 1.31. The summed E-state index contributed by atoms with van der Waals surface area (Å²) >= 11 is 0. The highest BCUT2D eigenvalue weighted by Gasteiger charge is 2.13. The predicted octanol–water partition coefficient (Wildman–Crippen LogP) is 2.87. The Morgan fingerprint density at radius 2 is 2.00 bits per heavy atom. The first-order valence-corrected chi connectivity index (χ1v) is 4.71. The van der Waals surface area contributed by atoms with Crippen LogP contribution >= 0.6 is 0 Å². The van der Waals surface area contributed by atoms with Crippen molar-refractivity contribution in [3.63, 3.8) is 0 Å². The van der Waals surface area contributed by atoms with Crippen molar-refractivity contribution in [1.29, 1.82) is 0 Å². The average Bonchev–Trinajstić information content (AvgIpc) is 2.57. The van der Waals surface area contributed by atoms with E-state index < -0.39 is 0 Å². The maximum atomic E-state index is 10.7. The smallest absolute Gasteiger partial charge is 0.185 e. The van der Waals surface area contributed by atoms with Crippen LogP contribution in [0.2, 0.25) is 0 Å². The van der Waals surface area contributed by atoms with Gasteiger partial charge in [0.25, 0.3) is 0 Å². The van der Waals surface area contributed by atoms with Crippen LogP contribution in [0.25, 0.3) is 11.0 Å². The zero-order valence-corrected chi connectivity index (χ0v) is 8.96. The van der Waals surface area contributed by atoms with Crippen LogP contribution < -0.4 is 4.74 Å². The van der Waals surface area contributed by atoms with Gasteiger partial charge in [-0.1, -0.05) is 0 Å². The molecule has 0 unspecified atom stereocenters. The van der Waals surface area contributed by atoms with Crippen molar-refractivity contribution in [2.75, 3.05) is 7.11 Å². The first-order chi connectivity index (χ1) is 7.19. The molecule has 15 heavy (non-hydrogen) atoms. The Hall–Kier alpha value is -1.77. The SMILES string of the molecule is COc1ccc2c(C)c(C=O)oc2c1C. The molecule has 3 heteroatoms. The fourth-order valence-electron chi connectivity index (χ4n) is 1.75. The summed E-state index contributed by atoms with van der Waals surface area (Å²) in [6.07, 6.45) is 0.737. The molecule has 0 bridgehead atoms. The molecule has 0 aliphatic rings. The minimum atomic E-state index is 0.390. The first-order valence-electron chi connectivity index (χ1n) is 4.71. The molecule has 0 aliphatic heterocycles. The third-order valence-electron chi connectivity index (χ3n) is 2.67. The lowest BCUT2D eigenvalue weighted by atomic mass is 10.1. The van der Waals surface area contributed by atoms with E-state index in [1.54, 1.807) is 7.11 Å². The lowest BCUT2D eigenvalue weighted by Crippen LogP contribution is -1.86. The van der Waals surface area contributed by atoms with Crippen LogP contribution in [0.15, 0.2) is 16.5 Å². The molecular weight excluding hydrogens is 192 g/mol. The zero-order chi connectivity index (χ0) is 11.0. The van der Waals surface area contributed by atoms with Crippen LogP contribution in [0.3, 0.4) is 0 Å². The van der Waals surface area contributed by atoms with Gasteiger partial charge < -0.3 is 9.15 Å². The van der Waals surface area contributed by atoms with Crippen molar-refractivity contribution in [3.05, 3.63) is 29.0 Å². The minimum Gasteiger partial charge on any atom is -0.496 e. The number of ether oxygens (including phenoxy) is 1. The summed E-state index contributed by atoms with van der Waals surface area (Å²) in [6.45, 7) is 3.79. The molecule has 1 aromatic heterocycles. The van der Waals surface area contributed by atoms with E-state index >= 15 is 0 Å². The topological polar surface area (TPSA) is 39.4 Å². The number of carbonyl (C=O) groups excluding carboxylic acids is 1. The number of furan rings is 1. The second kappa shape index (κ2) is 3.42. The lowest BCUT2D eigenvalue weighted by molar-refractivity contribution is 0.110. The van der Waals surface area contributed by atoms with E-state index in [0.29, 0.717) is 5.76 Å². The quantitative estimate of drug-likeness (QED) is 0.706. The van der Waals surface area contributed by atoms with E-state index in [0.717, 1.165) is 34.1 Å². The molecule has 2 aromatic rings. The summed E-state index contributed by atoms with van der Waals surface area (Å²) in [4.78, 5) is 10.7. The predicted molar refractivity (Wildman–Crippen MR) is 57.6 cm³/mol. The summed E-state index contributed by atoms with van der Waals surface area (Å²) in [5.74, 6) is 1.16. The third-order valence-corrected chi connectivity index (χ3v) is 2.67. The Kier molecular flexibility index (Phi) is 2.23. The molecule has 0 spiro atoms. The maximum absolute atomic E-state index is 10.7. The van der Waals surface area contributed by atoms with Gasteiger partial charge in [0, 0.05) is 16.5 Å². The van der Waals surface area contributed by atoms with Crippen LogP contribution in [-0.4, -0.2) is 13.4 Å². The van der Waals surface area contributed by atoms with Gasteiger partial charge in [-0.05, 0) is 26.0 Å². The fourth-order valence-corrected chi connectivity index (χ4v) is 1.75. The van der Waals surface area contributed by atoms with Gasteiger partial charge in [0.05, 0.1) is 7.11 Å². The molecule has 0 N–H and O–H groups in total. The molecule has 1 heterocycles. The highest BCUT2D eigenvalue weighted by Crippen LogP contribution is 2.31. The second-order valence-corrected chi connectivity index (χ2v) is 3.48. The highest BCUT2D eigenvalue weighted by molar-refractivity contribution is 5.92. The van der Waals surface area contributed by atoms with Crippen molar-refractivity contribution in [1.82, 2.24) is 0 Å². The number of hydrogen-bond acceptors (Lipinski definition) is 3. The molecular formula is C12H12O3. The summed E-state index contributed by atoms with van der Waals surface area (Å²) in [5.41, 5.74) is 2.53. The minimum absolute atomic E-state index is 0.390. The monoisotopic (exact) mass is 204 g/mol. The average molecular weight is 204 g/mol. The van der Waals surface area contributed by atoms with E-state index in [1.807, 2.05) is 26.0 Å². The molecule has 1 aromatic carbocycles. The molecule has 0 saturated heterocycles. The number of carbonyl (C=O) groups is 1. The molecule has 3 nitrogen and oxygen atoms in total. The largest absolute Gasteiger partial charge is 0.496 e. The van der Waals surface area contributed by atoms with Crippen LogP contribution in [-0.2, 0) is 0 Å². The Morgan fingerprint density at radius 1 is 1.27 bits per heavy atom. The van der Waals surface area contributed by atoms with Crippen LogP contribution in [0.4, 0.5) is 0 Å². The number of aldehydes is 1. The van der Waals surface area contributed by atoms with Gasteiger partial charge in [-0.3, -0.25) is 4.79 Å². The van der Waals surface area contributed by atoms with Gasteiger partial charge in [-0.25, -0.2) is 0 Å². The normalized spacial score (nSPS) is 10.6. The molecule has 2 rings (SSSR count). The molecule has 0 saturated carbocycles. The zero-order valence-electron chi connectivity index (χ0n) is 8.96. The number of aryl methyl sites for hydroxylation is 2. The molecule has 0 radical (unpaired) electrons. The van der Waals surface area contributed by atoms with Gasteiger partial charge in [0.1, 0.15) is 11.3 Å². The van der Waals surface area contributed by atoms with Gasteiger partial charge in [0.2, 0.25) is 0 Å². The van der Waals surface area contributed by atoms with Crippen molar-refractivity contribution in [2.45, 2.75) is 13.8 Å². The number of hydrogen-bond donors (Lipinski definition) is 0. The fraction of sp³-hybridized carbons (Fsp3) is 0.250. The van der Waals surface area contributed by atoms with E-state index in [9.17, 15) is 4.79 Å². The van der Waals surface area contributed by atoms with E-state index in [4.69, 9.17) is 9.15 Å². The number of benzene rings is 1. The van der Waals surface area contributed by atoms with E-state index in [2.05, 4.69) is 0 Å². The summed E-state index contributed by atoms with van der Waals surface area (Å²) in [5, 5.41) is 0.968. The summed E-state index contributed by atoms with van der Waals surface area (Å²) in [7, 11) is 1.62. The first kappa shape index (κ1) is 9.77. The van der Waals surface area contributed by atoms with Crippen LogP contribution in [0, 0.1) is 13.8 Å². The Balaban J connectivity index is 2.83. The number of rotatable bonds is 2. The summed E-state index contributed by atoms with van der Waals surface area (Å²) < 4.78 is 10.7. The van der Waals surface area contributed by atoms with Crippen LogP contribution in [0.1, 0.15) is 21.7 Å². The van der Waals surface area contributed by atoms with Gasteiger partial charge in [-0.15, -0.1) is 0 Å². The van der Waals surface area contributed by atoms with Crippen molar-refractivity contribution in [2.24, 2.45) is 0 Å². The molecule has 0 atom stereocenters. The lowest BCUT2D eigenvalue weighted by Gasteiger charge is -2.03. The van der Waals surface area contributed by atoms with Gasteiger partial charge >= 0.3 is 0 Å². The maximum Gasteiger partial charge on any atom is 0.185 e. The number of fused-ring (bicyclic) bond motifs is 1. The van der Waals surface area contributed by atoms with Gasteiger partial charge in [0.15, 0.2) is 12.0 Å². The number of methoxy groups -OCH3 is 1. The standard InChI is InChI=1S/C12H12O3/c1-7-9-4-5-10(14-3)8(2)12(9)15-11(7)6-13/h4-6H,1-3H3. The Morgan fingerprint density at radius 3 is 2.60 bits per heavy atom. The Labute approximate surface area is 87.6 Å². The van der Waals surface area contributed by atoms with Gasteiger partial charge in [-0.2, -0.15) is 0 Å². The second-order valence-electron chi connectivity index (χ2n) is 3.48. The Bertz CT molecular complexity index is 523. The van der Waals surface area contributed by atoms with Crippen molar-refractivity contribution < 1.29 is 13.9 Å². The molecule has 0 fully saturated rings. The molecule has 0 aliphatic carbocycles. The summed E-state index contributed by atoms with van der Waals surface area (Å²) in [6, 6.07) is 3.79. The van der Waals surface area contributed by atoms with Crippen molar-refractivity contribution >= 4 is 17.3 Å². The molecule has 78 valence electrons. The van der Waals surface area contributed by atoms with Crippen LogP contribution in [0.5, 0.6) is 5.75 Å². The highest BCUT2D eigenvalue weighted by atomic mass is 16.5. The van der Waals surface area contributed by atoms with E-state index in [-0.39, 0.29) is 0 Å². The van der Waals surface area contributed by atoms with E-state index in [1.165, 1.54) is 0 Å².